The molecule has 1 aromatic heterocycles. The fourth-order valence-corrected chi connectivity index (χ4v) is 5.02. The molecular weight excluding hydrogens is 332 g/mol. The number of Topliss-reactive ketones (excluding diaryl/α,β-unsaturated/α-hetero) is 1. The van der Waals surface area contributed by atoms with Crippen LogP contribution in [-0.2, 0) is 11.2 Å². The minimum atomic E-state index is 0.248. The van der Waals surface area contributed by atoms with E-state index >= 15 is 0 Å². The molecule has 0 N–H and O–H groups in total. The number of ketones is 1. The lowest BCUT2D eigenvalue weighted by molar-refractivity contribution is -0.123. The molecule has 2 heterocycles. The normalized spacial score (nSPS) is 24.1. The molecule has 0 bridgehead atoms. The number of imidazole rings is 1. The summed E-state index contributed by atoms with van der Waals surface area (Å²) < 4.78 is 2.26. The van der Waals surface area contributed by atoms with Gasteiger partial charge in [0.25, 0.3) is 0 Å². The standard InChI is InChI=1S/C24H28N2O/c1-15-8-10-18(11-9-15)23-21(13-22(27)17-6-4-3-5-7-17)26-14-16(2)19-12-20(19)24(26)25-23/h8-11,14,17,19-20H,3-7,12-13H2,1-2H3. The van der Waals surface area contributed by atoms with Crippen LogP contribution >= 0.6 is 0 Å². The number of hydrogen-bond donors (Lipinski definition) is 0. The largest absolute Gasteiger partial charge is 0.306 e. The predicted molar refractivity (Wildman–Crippen MR) is 108 cm³/mol. The number of aromatic nitrogens is 2. The second kappa shape index (κ2) is 6.47. The highest BCUT2D eigenvalue weighted by atomic mass is 16.1. The lowest BCUT2D eigenvalue weighted by Crippen LogP contribution is -2.21. The topological polar surface area (TPSA) is 34.9 Å². The average Bonchev–Trinajstić information content (AvgIpc) is 3.42. The first-order chi connectivity index (χ1) is 13.1. The van der Waals surface area contributed by atoms with Crippen LogP contribution in [0.3, 0.4) is 0 Å². The van der Waals surface area contributed by atoms with Crippen LogP contribution in [0.1, 0.15) is 68.4 Å². The predicted octanol–water partition coefficient (Wildman–Crippen LogP) is 5.53. The van der Waals surface area contributed by atoms with E-state index in [0.29, 0.717) is 24.0 Å². The zero-order valence-corrected chi connectivity index (χ0v) is 16.4. The number of aryl methyl sites for hydroxylation is 1. The zero-order valence-electron chi connectivity index (χ0n) is 16.4. The van der Waals surface area contributed by atoms with Crippen molar-refractivity contribution < 1.29 is 4.79 Å². The summed E-state index contributed by atoms with van der Waals surface area (Å²) in [5, 5.41) is 0. The average molecular weight is 361 g/mol. The Morgan fingerprint density at radius 1 is 1.07 bits per heavy atom. The summed E-state index contributed by atoms with van der Waals surface area (Å²) in [5.41, 5.74) is 5.95. The van der Waals surface area contributed by atoms with Gasteiger partial charge in [-0.1, -0.05) is 54.7 Å². The van der Waals surface area contributed by atoms with Crippen LogP contribution in [0.25, 0.3) is 17.5 Å². The van der Waals surface area contributed by atoms with Crippen LogP contribution in [0.15, 0.2) is 29.8 Å². The summed E-state index contributed by atoms with van der Waals surface area (Å²) in [7, 11) is 0. The second-order valence-electron chi connectivity index (χ2n) is 8.80. The van der Waals surface area contributed by atoms with Crippen LogP contribution in [0.4, 0.5) is 0 Å². The Bertz CT molecular complexity index is 913. The summed E-state index contributed by atoms with van der Waals surface area (Å²) in [4.78, 5) is 18.2. The highest BCUT2D eigenvalue weighted by molar-refractivity contribution is 5.85. The lowest BCUT2D eigenvalue weighted by Gasteiger charge is -2.21. The molecule has 0 radical (unpaired) electrons. The maximum Gasteiger partial charge on any atom is 0.141 e. The molecule has 2 unspecified atom stereocenters. The van der Waals surface area contributed by atoms with Gasteiger partial charge >= 0.3 is 0 Å². The second-order valence-corrected chi connectivity index (χ2v) is 8.80. The molecule has 2 aromatic rings. The van der Waals surface area contributed by atoms with E-state index in [1.54, 1.807) is 0 Å². The first kappa shape index (κ1) is 17.0. The Balaban J connectivity index is 1.56. The van der Waals surface area contributed by atoms with Gasteiger partial charge in [-0.05, 0) is 39.0 Å². The van der Waals surface area contributed by atoms with Crippen molar-refractivity contribution in [3.63, 3.8) is 0 Å². The van der Waals surface area contributed by atoms with Crippen molar-refractivity contribution in [2.24, 2.45) is 11.8 Å². The van der Waals surface area contributed by atoms with Crippen molar-refractivity contribution in [1.29, 1.82) is 0 Å². The van der Waals surface area contributed by atoms with Crippen LogP contribution in [0.5, 0.6) is 0 Å². The minimum absolute atomic E-state index is 0.248. The smallest absolute Gasteiger partial charge is 0.141 e. The van der Waals surface area contributed by atoms with E-state index in [0.717, 1.165) is 29.8 Å². The molecule has 2 aliphatic carbocycles. The molecule has 5 rings (SSSR count). The Labute approximate surface area is 161 Å². The third-order valence-corrected chi connectivity index (χ3v) is 6.80. The van der Waals surface area contributed by atoms with E-state index < -0.39 is 0 Å². The van der Waals surface area contributed by atoms with Crippen LogP contribution in [0.2, 0.25) is 0 Å². The van der Waals surface area contributed by atoms with Crippen molar-refractivity contribution in [2.75, 3.05) is 0 Å². The number of allylic oxidation sites excluding steroid dienone is 1. The molecule has 27 heavy (non-hydrogen) atoms. The number of fused-ring (bicyclic) bond motifs is 3. The molecule has 2 atom stereocenters. The molecule has 140 valence electrons. The van der Waals surface area contributed by atoms with E-state index in [9.17, 15) is 4.79 Å². The molecule has 0 spiro atoms. The lowest BCUT2D eigenvalue weighted by atomic mass is 9.84. The molecule has 3 heteroatoms. The summed E-state index contributed by atoms with van der Waals surface area (Å²) in [6.07, 6.45) is 9.80. The van der Waals surface area contributed by atoms with Gasteiger partial charge in [0.15, 0.2) is 0 Å². The highest BCUT2D eigenvalue weighted by Gasteiger charge is 2.46. The molecule has 1 aliphatic heterocycles. The van der Waals surface area contributed by atoms with Gasteiger partial charge in [0, 0.05) is 30.0 Å². The highest BCUT2D eigenvalue weighted by Crippen LogP contribution is 2.55. The monoisotopic (exact) mass is 360 g/mol. The molecule has 0 saturated heterocycles. The van der Waals surface area contributed by atoms with Crippen molar-refractivity contribution >= 4 is 12.0 Å². The van der Waals surface area contributed by atoms with Crippen LogP contribution in [0, 0.1) is 18.8 Å². The van der Waals surface area contributed by atoms with Crippen molar-refractivity contribution in [1.82, 2.24) is 9.55 Å². The Morgan fingerprint density at radius 2 is 1.81 bits per heavy atom. The van der Waals surface area contributed by atoms with Gasteiger partial charge in [-0.2, -0.15) is 0 Å². The number of carbonyl (C=O) groups is 1. The SMILES string of the molecule is CC1=Cn2c(nc(-c3ccc(C)cc3)c2CC(=O)C2CCCCC2)C2CC12. The number of carbonyl (C=O) groups excluding carboxylic acids is 1. The minimum Gasteiger partial charge on any atom is -0.306 e. The van der Waals surface area contributed by atoms with Gasteiger partial charge < -0.3 is 4.57 Å². The maximum atomic E-state index is 13.1. The Morgan fingerprint density at radius 3 is 2.56 bits per heavy atom. The fourth-order valence-electron chi connectivity index (χ4n) is 5.02. The molecule has 2 saturated carbocycles. The van der Waals surface area contributed by atoms with Gasteiger partial charge in [-0.25, -0.2) is 4.98 Å². The Kier molecular flexibility index (Phi) is 4.07. The zero-order chi connectivity index (χ0) is 18.5. The van der Waals surface area contributed by atoms with Gasteiger partial charge in [0.2, 0.25) is 0 Å². The summed E-state index contributed by atoms with van der Waals surface area (Å²) in [5.74, 6) is 3.06. The first-order valence-electron chi connectivity index (χ1n) is 10.5. The number of hydrogen-bond acceptors (Lipinski definition) is 2. The molecule has 3 nitrogen and oxygen atoms in total. The number of nitrogens with zero attached hydrogens (tertiary/aromatic N) is 2. The van der Waals surface area contributed by atoms with Gasteiger partial charge in [-0.3, -0.25) is 4.79 Å². The first-order valence-corrected chi connectivity index (χ1v) is 10.5. The quantitative estimate of drug-likeness (QED) is 0.719. The van der Waals surface area contributed by atoms with E-state index in [4.69, 9.17) is 4.98 Å². The summed E-state index contributed by atoms with van der Waals surface area (Å²) >= 11 is 0. The van der Waals surface area contributed by atoms with Crippen molar-refractivity contribution in [2.45, 2.75) is 64.7 Å². The van der Waals surface area contributed by atoms with E-state index in [1.807, 2.05) is 0 Å². The Hall–Kier alpha value is -2.16. The van der Waals surface area contributed by atoms with Gasteiger partial charge in [0.05, 0.1) is 11.4 Å². The molecule has 1 aromatic carbocycles. The summed E-state index contributed by atoms with van der Waals surface area (Å²) in [6, 6.07) is 8.58. The fraction of sp³-hybridized carbons (Fsp3) is 0.500. The maximum absolute atomic E-state index is 13.1. The van der Waals surface area contributed by atoms with Gasteiger partial charge in [-0.15, -0.1) is 0 Å². The molecule has 0 amide bonds. The van der Waals surface area contributed by atoms with Crippen LogP contribution < -0.4 is 0 Å². The third kappa shape index (κ3) is 2.97. The van der Waals surface area contributed by atoms with E-state index in [1.165, 1.54) is 42.6 Å². The number of rotatable bonds is 4. The van der Waals surface area contributed by atoms with E-state index in [2.05, 4.69) is 48.9 Å². The van der Waals surface area contributed by atoms with Crippen molar-refractivity contribution in [3.8, 4) is 11.3 Å². The molecule has 3 aliphatic rings. The van der Waals surface area contributed by atoms with Gasteiger partial charge in [0.1, 0.15) is 11.6 Å². The summed E-state index contributed by atoms with van der Waals surface area (Å²) in [6.45, 7) is 4.34. The van der Waals surface area contributed by atoms with E-state index in [-0.39, 0.29) is 5.92 Å². The third-order valence-electron chi connectivity index (χ3n) is 6.80. The van der Waals surface area contributed by atoms with Crippen molar-refractivity contribution in [3.05, 3.63) is 46.9 Å². The number of benzene rings is 1. The molecule has 2 fully saturated rings. The van der Waals surface area contributed by atoms with Crippen LogP contribution in [-0.4, -0.2) is 15.3 Å². The molecular formula is C24H28N2O.